The van der Waals surface area contributed by atoms with Crippen molar-refractivity contribution in [2.45, 2.75) is 6.32 Å². The van der Waals surface area contributed by atoms with Gasteiger partial charge in [0, 0.05) is 5.69 Å². The third-order valence-electron chi connectivity index (χ3n) is 1.39. The Morgan fingerprint density at radius 3 is 2.62 bits per heavy atom. The van der Waals surface area contributed by atoms with Gasteiger partial charge in [-0.25, -0.2) is 0 Å². The number of aldehydes is 1. The van der Waals surface area contributed by atoms with Crippen molar-refractivity contribution in [1.82, 2.24) is 4.98 Å². The largest absolute Gasteiger partial charge is 0.484 e. The summed E-state index contributed by atoms with van der Waals surface area (Å²) in [6.07, 6.45) is -0.617. The van der Waals surface area contributed by atoms with E-state index in [2.05, 4.69) is 4.98 Å². The SMILES string of the molecule is O=Cc1cccc(C[B-](F)(F)F)n1. The number of carbonyl (C=O) groups is 1. The first kappa shape index (κ1) is 9.76. The van der Waals surface area contributed by atoms with Crippen LogP contribution in [0.3, 0.4) is 0 Å². The Kier molecular flexibility index (Phi) is 2.70. The first-order valence-electron chi connectivity index (χ1n) is 3.63. The normalized spacial score (nSPS) is 11.3. The lowest BCUT2D eigenvalue weighted by Gasteiger charge is -2.12. The molecule has 0 unspecified atom stereocenters. The molecule has 0 saturated carbocycles. The van der Waals surface area contributed by atoms with Gasteiger partial charge in [0.2, 0.25) is 0 Å². The number of nitrogens with zero attached hydrogens (tertiary/aromatic N) is 1. The molecule has 0 spiro atoms. The molecule has 0 aliphatic heterocycles. The fourth-order valence-electron chi connectivity index (χ4n) is 0.915. The van der Waals surface area contributed by atoms with Crippen LogP contribution in [0.1, 0.15) is 16.2 Å². The smallest absolute Gasteiger partial charge is 0.449 e. The van der Waals surface area contributed by atoms with Crippen LogP contribution in [0, 0.1) is 0 Å². The minimum absolute atomic E-state index is 0.0255. The Balaban J connectivity index is 2.84. The van der Waals surface area contributed by atoms with Crippen LogP contribution in [0.25, 0.3) is 0 Å². The van der Waals surface area contributed by atoms with Crippen LogP contribution in [0.15, 0.2) is 18.2 Å². The monoisotopic (exact) mass is 188 g/mol. The van der Waals surface area contributed by atoms with E-state index in [1.54, 1.807) is 0 Å². The zero-order chi connectivity index (χ0) is 9.90. The minimum Gasteiger partial charge on any atom is -0.449 e. The molecule has 1 aromatic rings. The molecule has 0 radical (unpaired) electrons. The average Bonchev–Trinajstić information content (AvgIpc) is 2.01. The highest BCUT2D eigenvalue weighted by atomic mass is 19.4. The second kappa shape index (κ2) is 3.59. The molecule has 0 atom stereocenters. The van der Waals surface area contributed by atoms with Gasteiger partial charge < -0.3 is 12.9 Å². The van der Waals surface area contributed by atoms with Gasteiger partial charge in [-0.2, -0.15) is 0 Å². The Hall–Kier alpha value is -1.33. The molecule has 0 aliphatic rings. The molecular weight excluding hydrogens is 182 g/mol. The number of halogens is 3. The highest BCUT2D eigenvalue weighted by Crippen LogP contribution is 2.14. The third-order valence-corrected chi connectivity index (χ3v) is 1.39. The molecule has 13 heavy (non-hydrogen) atoms. The second-order valence-corrected chi connectivity index (χ2v) is 2.59. The zero-order valence-corrected chi connectivity index (χ0v) is 6.58. The standard InChI is InChI=1S/C7H6BF3NO/c9-8(10,11)4-6-2-1-3-7(5-13)12-6/h1-3,5H,4H2/q-1. The highest BCUT2D eigenvalue weighted by molar-refractivity contribution is 6.57. The van der Waals surface area contributed by atoms with E-state index < -0.39 is 13.3 Å². The van der Waals surface area contributed by atoms with Gasteiger partial charge in [0.1, 0.15) is 5.69 Å². The van der Waals surface area contributed by atoms with Crippen LogP contribution in [0.4, 0.5) is 12.9 Å². The van der Waals surface area contributed by atoms with Crippen molar-refractivity contribution in [3.05, 3.63) is 29.6 Å². The summed E-state index contributed by atoms with van der Waals surface area (Å²) >= 11 is 0. The van der Waals surface area contributed by atoms with Crippen LogP contribution in [0.5, 0.6) is 0 Å². The molecule has 6 heteroatoms. The van der Waals surface area contributed by atoms with Gasteiger partial charge in [-0.3, -0.25) is 9.78 Å². The van der Waals surface area contributed by atoms with Crippen LogP contribution in [0.2, 0.25) is 0 Å². The fourth-order valence-corrected chi connectivity index (χ4v) is 0.915. The van der Waals surface area contributed by atoms with Crippen LogP contribution < -0.4 is 0 Å². The quantitative estimate of drug-likeness (QED) is 0.534. The summed E-state index contributed by atoms with van der Waals surface area (Å²) in [5.41, 5.74) is -0.0883. The Bertz CT molecular complexity index is 313. The van der Waals surface area contributed by atoms with E-state index in [1.807, 2.05) is 0 Å². The number of pyridine rings is 1. The van der Waals surface area contributed by atoms with Gasteiger partial charge in [0.15, 0.2) is 6.29 Å². The summed E-state index contributed by atoms with van der Waals surface area (Å²) in [6, 6.07) is 4.00. The first-order chi connectivity index (χ1) is 6.01. The number of aromatic nitrogens is 1. The van der Waals surface area contributed by atoms with E-state index >= 15 is 0 Å². The summed E-state index contributed by atoms with van der Waals surface area (Å²) in [6.45, 7) is -4.88. The van der Waals surface area contributed by atoms with Crippen molar-refractivity contribution in [2.24, 2.45) is 0 Å². The predicted octanol–water partition coefficient (Wildman–Crippen LogP) is 1.82. The van der Waals surface area contributed by atoms with Gasteiger partial charge in [0.05, 0.1) is 0 Å². The number of carbonyl (C=O) groups excluding carboxylic acids is 1. The molecule has 70 valence electrons. The molecule has 0 aromatic carbocycles. The number of hydrogen-bond acceptors (Lipinski definition) is 2. The average molecular weight is 188 g/mol. The van der Waals surface area contributed by atoms with Crippen LogP contribution in [-0.4, -0.2) is 18.2 Å². The van der Waals surface area contributed by atoms with Crippen molar-refractivity contribution in [3.8, 4) is 0 Å². The highest BCUT2D eigenvalue weighted by Gasteiger charge is 2.23. The molecule has 2 nitrogen and oxygen atoms in total. The summed E-state index contributed by atoms with van der Waals surface area (Å²) in [5, 5.41) is 0. The number of rotatable bonds is 3. The molecule has 0 bridgehead atoms. The lowest BCUT2D eigenvalue weighted by Crippen LogP contribution is -2.20. The lowest BCUT2D eigenvalue weighted by molar-refractivity contribution is 0.111. The molecule has 0 amide bonds. The van der Waals surface area contributed by atoms with E-state index in [9.17, 15) is 17.7 Å². The van der Waals surface area contributed by atoms with Crippen molar-refractivity contribution < 1.29 is 17.7 Å². The maximum absolute atomic E-state index is 11.9. The molecule has 0 fully saturated rings. The van der Waals surface area contributed by atoms with E-state index in [-0.39, 0.29) is 11.4 Å². The van der Waals surface area contributed by atoms with Gasteiger partial charge >= 0.3 is 6.98 Å². The van der Waals surface area contributed by atoms with Gasteiger partial charge in [-0.1, -0.05) is 6.07 Å². The second-order valence-electron chi connectivity index (χ2n) is 2.59. The minimum atomic E-state index is -4.88. The van der Waals surface area contributed by atoms with E-state index in [4.69, 9.17) is 0 Å². The Morgan fingerprint density at radius 2 is 2.08 bits per heavy atom. The van der Waals surface area contributed by atoms with Crippen molar-refractivity contribution in [1.29, 1.82) is 0 Å². The maximum Gasteiger partial charge on any atom is 0.484 e. The molecule has 0 N–H and O–H groups in total. The summed E-state index contributed by atoms with van der Waals surface area (Å²) in [7, 11) is 0. The van der Waals surface area contributed by atoms with Gasteiger partial charge in [-0.15, -0.1) is 0 Å². The first-order valence-corrected chi connectivity index (χ1v) is 3.63. The summed E-state index contributed by atoms with van der Waals surface area (Å²) in [5.74, 6) is 0. The van der Waals surface area contributed by atoms with E-state index in [0.717, 1.165) is 0 Å². The lowest BCUT2D eigenvalue weighted by atomic mass is 9.84. The third kappa shape index (κ3) is 3.27. The van der Waals surface area contributed by atoms with Crippen LogP contribution >= 0.6 is 0 Å². The molecule has 1 aromatic heterocycles. The van der Waals surface area contributed by atoms with Crippen molar-refractivity contribution in [2.75, 3.05) is 0 Å². The molecule has 0 saturated heterocycles. The number of hydrogen-bond donors (Lipinski definition) is 0. The molecule has 1 rings (SSSR count). The topological polar surface area (TPSA) is 30.0 Å². The van der Waals surface area contributed by atoms with Gasteiger partial charge in [0.25, 0.3) is 0 Å². The predicted molar refractivity (Wildman–Crippen MR) is 42.4 cm³/mol. The molecule has 0 aliphatic carbocycles. The van der Waals surface area contributed by atoms with Crippen molar-refractivity contribution >= 4 is 13.3 Å². The molecular formula is C7H6BF3NO-. The maximum atomic E-state index is 11.9. The van der Waals surface area contributed by atoms with Gasteiger partial charge in [-0.05, 0) is 18.5 Å². The van der Waals surface area contributed by atoms with E-state index in [0.29, 0.717) is 6.29 Å². The zero-order valence-electron chi connectivity index (χ0n) is 6.58. The summed E-state index contributed by atoms with van der Waals surface area (Å²) < 4.78 is 35.7. The fraction of sp³-hybridized carbons (Fsp3) is 0.143. The Morgan fingerprint density at radius 1 is 1.38 bits per heavy atom. The molecule has 1 heterocycles. The Labute approximate surface area is 72.8 Å². The summed E-state index contributed by atoms with van der Waals surface area (Å²) in [4.78, 5) is 13.7. The van der Waals surface area contributed by atoms with E-state index in [1.165, 1.54) is 18.2 Å². The van der Waals surface area contributed by atoms with Crippen molar-refractivity contribution in [3.63, 3.8) is 0 Å². The van der Waals surface area contributed by atoms with Crippen LogP contribution in [-0.2, 0) is 6.32 Å².